The first kappa shape index (κ1) is 16.4. The maximum absolute atomic E-state index is 12.0. The number of hydrogen-bond donors (Lipinski definition) is 1. The first-order chi connectivity index (χ1) is 9.38. The number of rotatable bonds is 4. The van der Waals surface area contributed by atoms with Gasteiger partial charge in [0.1, 0.15) is 6.04 Å². The monoisotopic (exact) mass is 287 g/mol. The third-order valence-corrected chi connectivity index (χ3v) is 3.62. The molecule has 0 aromatic heterocycles. The van der Waals surface area contributed by atoms with E-state index in [1.807, 2.05) is 13.8 Å². The van der Waals surface area contributed by atoms with Crippen LogP contribution in [0.4, 0.5) is 0 Å². The molecule has 1 fully saturated rings. The largest absolute Gasteiger partial charge is 0.469 e. The molecule has 1 heterocycles. The average molecular weight is 287 g/mol. The smallest absolute Gasteiger partial charge is 0.323 e. The van der Waals surface area contributed by atoms with E-state index in [-0.39, 0.29) is 12.0 Å². The predicted molar refractivity (Wildman–Crippen MR) is 68.6 cm³/mol. The van der Waals surface area contributed by atoms with Crippen LogP contribution in [0.25, 0.3) is 0 Å². The van der Waals surface area contributed by atoms with Gasteiger partial charge in [0.15, 0.2) is 0 Å². The Balaban J connectivity index is 3.20. The SMILES string of the molecule is COC(=O)[C@@H]1[C@H](C(=O)OC)[C@H](C(=O)OC)N[C@@H]1C(C)C. The van der Waals surface area contributed by atoms with Crippen molar-refractivity contribution in [1.82, 2.24) is 5.32 Å². The van der Waals surface area contributed by atoms with Crippen molar-refractivity contribution in [1.29, 1.82) is 0 Å². The summed E-state index contributed by atoms with van der Waals surface area (Å²) in [6.07, 6.45) is 0. The van der Waals surface area contributed by atoms with Crippen LogP contribution in [0.15, 0.2) is 0 Å². The number of carbonyl (C=O) groups excluding carboxylic acids is 3. The second kappa shape index (κ2) is 6.69. The molecule has 7 heteroatoms. The van der Waals surface area contributed by atoms with Crippen LogP contribution in [0, 0.1) is 17.8 Å². The number of carbonyl (C=O) groups is 3. The van der Waals surface area contributed by atoms with Crippen molar-refractivity contribution >= 4 is 17.9 Å². The van der Waals surface area contributed by atoms with Crippen molar-refractivity contribution in [2.45, 2.75) is 25.9 Å². The second-order valence-electron chi connectivity index (χ2n) is 5.04. The molecule has 0 radical (unpaired) electrons. The summed E-state index contributed by atoms with van der Waals surface area (Å²) in [6, 6.07) is -1.28. The van der Waals surface area contributed by atoms with Gasteiger partial charge in [-0.25, -0.2) is 0 Å². The highest BCUT2D eigenvalue weighted by molar-refractivity contribution is 5.90. The first-order valence-electron chi connectivity index (χ1n) is 6.38. The highest BCUT2D eigenvalue weighted by Gasteiger charge is 2.55. The lowest BCUT2D eigenvalue weighted by Gasteiger charge is -2.23. The molecule has 1 rings (SSSR count). The van der Waals surface area contributed by atoms with Crippen LogP contribution in [-0.2, 0) is 28.6 Å². The number of nitrogens with one attached hydrogen (secondary N) is 1. The summed E-state index contributed by atoms with van der Waals surface area (Å²) < 4.78 is 14.2. The van der Waals surface area contributed by atoms with Gasteiger partial charge in [-0.1, -0.05) is 13.8 Å². The second-order valence-corrected chi connectivity index (χ2v) is 5.04. The van der Waals surface area contributed by atoms with Gasteiger partial charge in [-0.15, -0.1) is 0 Å². The molecule has 1 saturated heterocycles. The van der Waals surface area contributed by atoms with Crippen molar-refractivity contribution in [3.8, 4) is 0 Å². The van der Waals surface area contributed by atoms with E-state index in [9.17, 15) is 14.4 Å². The molecule has 1 N–H and O–H groups in total. The Morgan fingerprint density at radius 1 is 0.850 bits per heavy atom. The summed E-state index contributed by atoms with van der Waals surface area (Å²) in [5, 5.41) is 3.00. The third kappa shape index (κ3) is 2.92. The van der Waals surface area contributed by atoms with E-state index in [1.165, 1.54) is 21.3 Å². The Morgan fingerprint density at radius 2 is 1.30 bits per heavy atom. The van der Waals surface area contributed by atoms with Crippen LogP contribution in [0.1, 0.15) is 13.8 Å². The van der Waals surface area contributed by atoms with E-state index in [0.29, 0.717) is 0 Å². The maximum Gasteiger partial charge on any atom is 0.323 e. The molecule has 0 saturated carbocycles. The van der Waals surface area contributed by atoms with Crippen LogP contribution in [0.2, 0.25) is 0 Å². The van der Waals surface area contributed by atoms with Gasteiger partial charge in [-0.3, -0.25) is 19.7 Å². The predicted octanol–water partition coefficient (Wildman–Crippen LogP) is -0.266. The van der Waals surface area contributed by atoms with E-state index in [1.54, 1.807) is 0 Å². The van der Waals surface area contributed by atoms with Gasteiger partial charge in [0, 0.05) is 6.04 Å². The van der Waals surface area contributed by atoms with E-state index in [0.717, 1.165) is 0 Å². The summed E-state index contributed by atoms with van der Waals surface area (Å²) >= 11 is 0. The minimum Gasteiger partial charge on any atom is -0.469 e. The lowest BCUT2D eigenvalue weighted by atomic mass is 9.83. The van der Waals surface area contributed by atoms with Crippen LogP contribution in [0.5, 0.6) is 0 Å². The summed E-state index contributed by atoms with van der Waals surface area (Å²) in [5.41, 5.74) is 0. The Labute approximate surface area is 117 Å². The Kier molecular flexibility index (Phi) is 5.50. The van der Waals surface area contributed by atoms with E-state index >= 15 is 0 Å². The zero-order valence-electron chi connectivity index (χ0n) is 12.3. The minimum absolute atomic E-state index is 0.0286. The van der Waals surface area contributed by atoms with Crippen molar-refractivity contribution in [3.05, 3.63) is 0 Å². The molecule has 1 aliphatic heterocycles. The van der Waals surface area contributed by atoms with Crippen molar-refractivity contribution < 1.29 is 28.6 Å². The van der Waals surface area contributed by atoms with Gasteiger partial charge in [0.25, 0.3) is 0 Å². The Bertz CT molecular complexity index is 394. The average Bonchev–Trinajstić information content (AvgIpc) is 2.85. The molecule has 20 heavy (non-hydrogen) atoms. The fourth-order valence-electron chi connectivity index (χ4n) is 2.64. The minimum atomic E-state index is -0.952. The normalized spacial score (nSPS) is 29.1. The molecule has 0 aromatic rings. The van der Waals surface area contributed by atoms with Gasteiger partial charge >= 0.3 is 17.9 Å². The van der Waals surface area contributed by atoms with Gasteiger partial charge in [-0.2, -0.15) is 0 Å². The number of methoxy groups -OCH3 is 3. The summed E-state index contributed by atoms with van der Waals surface area (Å²) in [4.78, 5) is 35.8. The third-order valence-electron chi connectivity index (χ3n) is 3.62. The maximum atomic E-state index is 12.0. The number of hydrogen-bond acceptors (Lipinski definition) is 7. The number of esters is 3. The summed E-state index contributed by atoms with van der Waals surface area (Å²) in [5.74, 6) is -3.48. The van der Waals surface area contributed by atoms with Gasteiger partial charge in [0.05, 0.1) is 33.2 Å². The van der Waals surface area contributed by atoms with Crippen LogP contribution >= 0.6 is 0 Å². The van der Waals surface area contributed by atoms with Crippen molar-refractivity contribution in [3.63, 3.8) is 0 Å². The molecule has 114 valence electrons. The van der Waals surface area contributed by atoms with Gasteiger partial charge in [0.2, 0.25) is 0 Å². The van der Waals surface area contributed by atoms with Crippen molar-refractivity contribution in [2.24, 2.45) is 17.8 Å². The quantitative estimate of drug-likeness (QED) is 0.562. The Hall–Kier alpha value is -1.63. The Morgan fingerprint density at radius 3 is 1.70 bits per heavy atom. The van der Waals surface area contributed by atoms with Gasteiger partial charge in [-0.05, 0) is 5.92 Å². The summed E-state index contributed by atoms with van der Waals surface area (Å²) in [6.45, 7) is 3.78. The topological polar surface area (TPSA) is 90.9 Å². The molecule has 0 amide bonds. The van der Waals surface area contributed by atoms with Gasteiger partial charge < -0.3 is 14.2 Å². The lowest BCUT2D eigenvalue weighted by Crippen LogP contribution is -2.42. The van der Waals surface area contributed by atoms with Crippen LogP contribution in [0.3, 0.4) is 0 Å². The van der Waals surface area contributed by atoms with Crippen LogP contribution in [-0.4, -0.2) is 51.3 Å². The summed E-state index contributed by atoms with van der Waals surface area (Å²) in [7, 11) is 3.70. The zero-order chi connectivity index (χ0) is 15.4. The molecule has 0 aliphatic carbocycles. The highest BCUT2D eigenvalue weighted by Crippen LogP contribution is 2.34. The highest BCUT2D eigenvalue weighted by atomic mass is 16.5. The molecular formula is C13H21NO6. The first-order valence-corrected chi connectivity index (χ1v) is 6.38. The fraction of sp³-hybridized carbons (Fsp3) is 0.769. The number of ether oxygens (including phenoxy) is 3. The molecule has 0 spiro atoms. The molecule has 4 atom stereocenters. The molecule has 0 aromatic carbocycles. The molecule has 0 unspecified atom stereocenters. The molecule has 0 bridgehead atoms. The molecular weight excluding hydrogens is 266 g/mol. The van der Waals surface area contributed by atoms with E-state index in [2.05, 4.69) is 10.1 Å². The molecule has 1 aliphatic rings. The standard InChI is InChI=1S/C13H21NO6/c1-6(2)9-7(11(15)18-3)8(12(16)19-4)10(14-9)13(17)20-5/h6-10,14H,1-5H3/t7-,8+,9-,10-/m1/s1. The molecule has 7 nitrogen and oxygen atoms in total. The van der Waals surface area contributed by atoms with Crippen molar-refractivity contribution in [2.75, 3.05) is 21.3 Å². The lowest BCUT2D eigenvalue weighted by molar-refractivity contribution is -0.160. The fourth-order valence-corrected chi connectivity index (χ4v) is 2.64. The zero-order valence-corrected chi connectivity index (χ0v) is 12.3. The van der Waals surface area contributed by atoms with Crippen LogP contribution < -0.4 is 5.32 Å². The van der Waals surface area contributed by atoms with E-state index < -0.39 is 35.8 Å². The van der Waals surface area contributed by atoms with E-state index in [4.69, 9.17) is 9.47 Å².